The normalized spacial score (nSPS) is 10.1. The summed E-state index contributed by atoms with van der Waals surface area (Å²) < 4.78 is 0. The highest BCUT2D eigenvalue weighted by atomic mass is 32.2. The minimum atomic E-state index is -0.405. The van der Waals surface area contributed by atoms with Crippen LogP contribution >= 0.6 is 11.8 Å². The van der Waals surface area contributed by atoms with Gasteiger partial charge in [-0.05, 0) is 6.07 Å². The van der Waals surface area contributed by atoms with Gasteiger partial charge in [0.25, 0.3) is 5.69 Å². The average Bonchev–Trinajstić information content (AvgIpc) is 2.39. The molecule has 0 aliphatic rings. The first-order valence-corrected chi connectivity index (χ1v) is 5.93. The molecule has 2 rings (SSSR count). The van der Waals surface area contributed by atoms with Crippen LogP contribution in [0.15, 0.2) is 46.6 Å². The Balaban J connectivity index is 2.31. The first-order chi connectivity index (χ1) is 8.70. The lowest BCUT2D eigenvalue weighted by Crippen LogP contribution is -1.95. The van der Waals surface area contributed by atoms with Crippen LogP contribution in [0.4, 0.5) is 11.5 Å². The summed E-state index contributed by atoms with van der Waals surface area (Å²) in [6, 6.07) is 6.55. The molecule has 1 N–H and O–H groups in total. The fourth-order valence-electron chi connectivity index (χ4n) is 1.32. The lowest BCUT2D eigenvalue weighted by atomic mass is 10.3. The smallest absolute Gasteiger partial charge is 0.283 e. The van der Waals surface area contributed by atoms with Gasteiger partial charge in [0.15, 0.2) is 0 Å². The number of rotatable bonds is 4. The van der Waals surface area contributed by atoms with E-state index in [1.54, 1.807) is 37.6 Å². The van der Waals surface area contributed by atoms with Gasteiger partial charge < -0.3 is 5.32 Å². The predicted molar refractivity (Wildman–Crippen MR) is 68.8 cm³/mol. The topological polar surface area (TPSA) is 81.0 Å². The molecular weight excluding hydrogens is 252 g/mol. The van der Waals surface area contributed by atoms with Gasteiger partial charge in [0.1, 0.15) is 10.8 Å². The van der Waals surface area contributed by atoms with Crippen molar-refractivity contribution in [2.45, 2.75) is 9.92 Å². The molecule has 2 aromatic rings. The largest absolute Gasteiger partial charge is 0.372 e. The summed E-state index contributed by atoms with van der Waals surface area (Å²) in [5.41, 5.74) is 0.0687. The Bertz CT molecular complexity index is 576. The number of nitro groups is 1. The van der Waals surface area contributed by atoms with Gasteiger partial charge in [-0.2, -0.15) is 0 Å². The van der Waals surface area contributed by atoms with Gasteiger partial charge in [-0.15, -0.1) is 0 Å². The summed E-state index contributed by atoms with van der Waals surface area (Å²) in [5.74, 6) is 0.624. The zero-order valence-corrected chi connectivity index (χ0v) is 10.3. The number of nitrogens with one attached hydrogen (secondary N) is 1. The molecule has 0 unspecified atom stereocenters. The van der Waals surface area contributed by atoms with Crippen molar-refractivity contribution in [2.24, 2.45) is 0 Å². The SMILES string of the molecule is CNc1cncc(Sc2ccccc2[N+](=O)[O-])n1. The van der Waals surface area contributed by atoms with Gasteiger partial charge >= 0.3 is 0 Å². The van der Waals surface area contributed by atoms with Crippen LogP contribution in [0, 0.1) is 10.1 Å². The van der Waals surface area contributed by atoms with Crippen LogP contribution in [0.3, 0.4) is 0 Å². The lowest BCUT2D eigenvalue weighted by Gasteiger charge is -2.03. The van der Waals surface area contributed by atoms with Crippen molar-refractivity contribution in [3.05, 3.63) is 46.8 Å². The van der Waals surface area contributed by atoms with Crippen molar-refractivity contribution in [3.63, 3.8) is 0 Å². The zero-order valence-electron chi connectivity index (χ0n) is 9.53. The average molecular weight is 262 g/mol. The highest BCUT2D eigenvalue weighted by molar-refractivity contribution is 7.99. The van der Waals surface area contributed by atoms with Crippen molar-refractivity contribution >= 4 is 23.3 Å². The number of hydrogen-bond donors (Lipinski definition) is 1. The molecule has 0 amide bonds. The minimum Gasteiger partial charge on any atom is -0.372 e. The number of para-hydroxylation sites is 1. The van der Waals surface area contributed by atoms with E-state index >= 15 is 0 Å². The maximum absolute atomic E-state index is 10.9. The molecule has 1 heterocycles. The number of anilines is 1. The van der Waals surface area contributed by atoms with Gasteiger partial charge in [0, 0.05) is 13.1 Å². The maximum atomic E-state index is 10.9. The summed E-state index contributed by atoms with van der Waals surface area (Å²) in [6.45, 7) is 0. The molecule has 0 bridgehead atoms. The molecule has 0 aliphatic heterocycles. The fraction of sp³-hybridized carbons (Fsp3) is 0.0909. The molecular formula is C11H10N4O2S. The highest BCUT2D eigenvalue weighted by Gasteiger charge is 2.14. The van der Waals surface area contributed by atoms with Crippen LogP contribution in [0.1, 0.15) is 0 Å². The Morgan fingerprint density at radius 2 is 2.11 bits per heavy atom. The molecule has 0 saturated carbocycles. The van der Waals surface area contributed by atoms with Crippen LogP contribution in [-0.4, -0.2) is 21.9 Å². The lowest BCUT2D eigenvalue weighted by molar-refractivity contribution is -0.387. The van der Waals surface area contributed by atoms with Gasteiger partial charge in [0.05, 0.1) is 22.2 Å². The highest BCUT2D eigenvalue weighted by Crippen LogP contribution is 2.33. The second kappa shape index (κ2) is 5.46. The molecule has 0 radical (unpaired) electrons. The molecule has 0 atom stereocenters. The van der Waals surface area contributed by atoms with Gasteiger partial charge in [0.2, 0.25) is 0 Å². The van der Waals surface area contributed by atoms with Crippen LogP contribution in [-0.2, 0) is 0 Å². The molecule has 18 heavy (non-hydrogen) atoms. The number of nitro benzene ring substituents is 1. The first-order valence-electron chi connectivity index (χ1n) is 5.12. The zero-order chi connectivity index (χ0) is 13.0. The Morgan fingerprint density at radius 1 is 1.33 bits per heavy atom. The minimum absolute atomic E-state index is 0.0687. The Hall–Kier alpha value is -2.15. The molecule has 0 spiro atoms. The third kappa shape index (κ3) is 2.75. The number of benzene rings is 1. The third-order valence-electron chi connectivity index (χ3n) is 2.15. The third-order valence-corrected chi connectivity index (χ3v) is 3.12. The summed E-state index contributed by atoms with van der Waals surface area (Å²) >= 11 is 1.22. The van der Waals surface area contributed by atoms with Crippen LogP contribution in [0.2, 0.25) is 0 Å². The monoisotopic (exact) mass is 262 g/mol. The fourth-order valence-corrected chi connectivity index (χ4v) is 2.20. The van der Waals surface area contributed by atoms with E-state index < -0.39 is 4.92 Å². The van der Waals surface area contributed by atoms with Crippen molar-refractivity contribution in [1.29, 1.82) is 0 Å². The molecule has 1 aromatic heterocycles. The Labute approximate surface area is 108 Å². The van der Waals surface area contributed by atoms with Crippen molar-refractivity contribution < 1.29 is 4.92 Å². The molecule has 6 nitrogen and oxygen atoms in total. The summed E-state index contributed by atoms with van der Waals surface area (Å²) in [4.78, 5) is 19.3. The standard InChI is InChI=1S/C11H10N4O2S/c1-12-10-6-13-7-11(14-10)18-9-5-3-2-4-8(9)15(16)17/h2-7H,1H3,(H,12,14). The number of hydrogen-bond acceptors (Lipinski definition) is 6. The van der Waals surface area contributed by atoms with E-state index in [0.29, 0.717) is 15.7 Å². The number of aromatic nitrogens is 2. The van der Waals surface area contributed by atoms with Crippen LogP contribution in [0.25, 0.3) is 0 Å². The van der Waals surface area contributed by atoms with E-state index in [-0.39, 0.29) is 5.69 Å². The van der Waals surface area contributed by atoms with E-state index in [2.05, 4.69) is 15.3 Å². The van der Waals surface area contributed by atoms with Crippen molar-refractivity contribution in [2.75, 3.05) is 12.4 Å². The quantitative estimate of drug-likeness (QED) is 0.673. The summed E-state index contributed by atoms with van der Waals surface area (Å²) in [5, 5.41) is 14.4. The maximum Gasteiger partial charge on any atom is 0.283 e. The van der Waals surface area contributed by atoms with Crippen molar-refractivity contribution in [3.8, 4) is 0 Å². The summed E-state index contributed by atoms with van der Waals surface area (Å²) in [6.07, 6.45) is 3.16. The molecule has 0 aliphatic carbocycles. The number of nitrogens with zero attached hydrogens (tertiary/aromatic N) is 3. The van der Waals surface area contributed by atoms with E-state index in [9.17, 15) is 10.1 Å². The first kappa shape index (κ1) is 12.3. The second-order valence-corrected chi connectivity index (χ2v) is 4.38. The molecule has 7 heteroatoms. The van der Waals surface area contributed by atoms with Gasteiger partial charge in [-0.25, -0.2) is 4.98 Å². The Kier molecular flexibility index (Phi) is 3.73. The van der Waals surface area contributed by atoms with E-state index in [0.717, 1.165) is 0 Å². The van der Waals surface area contributed by atoms with Crippen molar-refractivity contribution in [1.82, 2.24) is 9.97 Å². The van der Waals surface area contributed by atoms with Gasteiger partial charge in [-0.3, -0.25) is 15.1 Å². The summed E-state index contributed by atoms with van der Waals surface area (Å²) in [7, 11) is 1.74. The van der Waals surface area contributed by atoms with E-state index in [1.807, 2.05) is 0 Å². The Morgan fingerprint density at radius 3 is 2.83 bits per heavy atom. The molecule has 92 valence electrons. The predicted octanol–water partition coefficient (Wildman–Crippen LogP) is 2.58. The molecule has 1 aromatic carbocycles. The van der Waals surface area contributed by atoms with Crippen LogP contribution < -0.4 is 5.32 Å². The van der Waals surface area contributed by atoms with Crippen LogP contribution in [0.5, 0.6) is 0 Å². The second-order valence-electron chi connectivity index (χ2n) is 3.32. The van der Waals surface area contributed by atoms with Gasteiger partial charge in [-0.1, -0.05) is 23.9 Å². The van der Waals surface area contributed by atoms with E-state index in [4.69, 9.17) is 0 Å². The van der Waals surface area contributed by atoms with E-state index in [1.165, 1.54) is 17.8 Å². The molecule has 0 saturated heterocycles. The molecule has 0 fully saturated rings.